The van der Waals surface area contributed by atoms with Gasteiger partial charge in [0, 0.05) is 12.5 Å². The maximum atomic E-state index is 12.8. The van der Waals surface area contributed by atoms with E-state index in [4.69, 9.17) is 28.4 Å². The summed E-state index contributed by atoms with van der Waals surface area (Å²) in [5.74, 6) is -1.82. The summed E-state index contributed by atoms with van der Waals surface area (Å²) in [4.78, 5) is 50.2. The molecule has 0 amide bonds. The molecule has 0 saturated heterocycles. The maximum Gasteiger partial charge on any atom is 0.513 e. The number of carboxylic acid groups (broad SMARTS) is 1. The van der Waals surface area contributed by atoms with Gasteiger partial charge < -0.3 is 33.5 Å². The van der Waals surface area contributed by atoms with Crippen LogP contribution in [0, 0.1) is 0 Å². The Morgan fingerprint density at radius 2 is 1.37 bits per heavy atom. The second-order valence-electron chi connectivity index (χ2n) is 10.9. The van der Waals surface area contributed by atoms with Crippen molar-refractivity contribution in [3.63, 3.8) is 0 Å². The van der Waals surface area contributed by atoms with Crippen LogP contribution in [-0.2, 0) is 30.2 Å². The molecule has 0 aliphatic heterocycles. The van der Waals surface area contributed by atoms with Crippen molar-refractivity contribution >= 4 is 24.4 Å². The molecule has 1 aromatic rings. The maximum absolute atomic E-state index is 12.8. The van der Waals surface area contributed by atoms with E-state index < -0.39 is 42.2 Å². The lowest BCUT2D eigenvalue weighted by atomic mass is 10.00. The number of carbonyl (C=O) groups is 4. The Kier molecular flexibility index (Phi) is 16.5. The number of nitrogens with one attached hydrogen (secondary N) is 1. The summed E-state index contributed by atoms with van der Waals surface area (Å²) < 4.78 is 31.7. The molecule has 1 aromatic carbocycles. The molecule has 43 heavy (non-hydrogen) atoms. The van der Waals surface area contributed by atoms with Crippen LogP contribution in [0.2, 0.25) is 0 Å². The van der Waals surface area contributed by atoms with Gasteiger partial charge in [-0.15, -0.1) is 0 Å². The SMILES string of the molecule is CCCCCOC(=O)Oc1ccc(C[C@](NC(C)CC)(OC(=O)OC(C)(C)CC)C(=O)O)cc1OC(=O)OCCCCC. The molecule has 0 aliphatic rings. The number of carboxylic acids is 1. The van der Waals surface area contributed by atoms with Crippen LogP contribution in [-0.4, -0.2) is 60.1 Å². The number of benzene rings is 1. The van der Waals surface area contributed by atoms with E-state index in [0.717, 1.165) is 25.7 Å². The van der Waals surface area contributed by atoms with Crippen LogP contribution in [0.25, 0.3) is 0 Å². The number of hydrogen-bond acceptors (Lipinski definition) is 11. The minimum absolute atomic E-state index is 0.132. The minimum atomic E-state index is -2.24. The number of ether oxygens (including phenoxy) is 6. The number of unbranched alkanes of at least 4 members (excludes halogenated alkanes) is 4. The lowest BCUT2D eigenvalue weighted by Crippen LogP contribution is -2.60. The third kappa shape index (κ3) is 14.0. The van der Waals surface area contributed by atoms with Crippen molar-refractivity contribution in [3.8, 4) is 11.5 Å². The molecule has 12 nitrogen and oxygen atoms in total. The first-order valence-corrected chi connectivity index (χ1v) is 15.1. The molecule has 0 fully saturated rings. The highest BCUT2D eigenvalue weighted by Crippen LogP contribution is 2.32. The fraction of sp³-hybridized carbons (Fsp3) is 0.677. The van der Waals surface area contributed by atoms with Gasteiger partial charge in [-0.05, 0) is 64.2 Å². The third-order valence-electron chi connectivity index (χ3n) is 6.69. The molecular weight excluding hydrogens is 562 g/mol. The third-order valence-corrected chi connectivity index (χ3v) is 6.69. The van der Waals surface area contributed by atoms with E-state index in [9.17, 15) is 24.3 Å². The number of rotatable bonds is 19. The predicted octanol–water partition coefficient (Wildman–Crippen LogP) is 7.15. The molecule has 0 saturated carbocycles. The van der Waals surface area contributed by atoms with Gasteiger partial charge in [0.1, 0.15) is 5.60 Å². The lowest BCUT2D eigenvalue weighted by Gasteiger charge is -2.34. The van der Waals surface area contributed by atoms with E-state index in [1.807, 2.05) is 27.7 Å². The normalized spacial score (nSPS) is 13.3. The molecule has 0 aliphatic carbocycles. The summed E-state index contributed by atoms with van der Waals surface area (Å²) >= 11 is 0. The van der Waals surface area contributed by atoms with Crippen LogP contribution in [0.5, 0.6) is 11.5 Å². The smallest absolute Gasteiger partial charge is 0.477 e. The second-order valence-corrected chi connectivity index (χ2v) is 10.9. The average molecular weight is 612 g/mol. The largest absolute Gasteiger partial charge is 0.513 e. The number of carbonyl (C=O) groups excluding carboxylic acids is 3. The Balaban J connectivity index is 3.37. The summed E-state index contributed by atoms with van der Waals surface area (Å²) in [5.41, 5.74) is -2.85. The van der Waals surface area contributed by atoms with Gasteiger partial charge in [-0.3, -0.25) is 5.32 Å². The van der Waals surface area contributed by atoms with Gasteiger partial charge in [0.2, 0.25) is 0 Å². The van der Waals surface area contributed by atoms with Crippen molar-refractivity contribution in [2.45, 2.75) is 124 Å². The van der Waals surface area contributed by atoms with Gasteiger partial charge in [-0.2, -0.15) is 0 Å². The Morgan fingerprint density at radius 3 is 1.86 bits per heavy atom. The summed E-state index contributed by atoms with van der Waals surface area (Å²) in [6, 6.07) is 3.73. The summed E-state index contributed by atoms with van der Waals surface area (Å²) in [7, 11) is 0. The zero-order valence-electron chi connectivity index (χ0n) is 26.6. The van der Waals surface area contributed by atoms with Crippen molar-refractivity contribution in [2.75, 3.05) is 13.2 Å². The lowest BCUT2D eigenvalue weighted by molar-refractivity contribution is -0.169. The van der Waals surface area contributed by atoms with Gasteiger partial charge in [0.05, 0.1) is 13.2 Å². The van der Waals surface area contributed by atoms with E-state index in [-0.39, 0.29) is 36.3 Å². The van der Waals surface area contributed by atoms with Crippen LogP contribution < -0.4 is 14.8 Å². The predicted molar refractivity (Wildman–Crippen MR) is 158 cm³/mol. The minimum Gasteiger partial charge on any atom is -0.477 e. The van der Waals surface area contributed by atoms with Crippen LogP contribution in [0.1, 0.15) is 105 Å². The van der Waals surface area contributed by atoms with E-state index >= 15 is 0 Å². The molecule has 0 heterocycles. The number of aliphatic carboxylic acids is 1. The zero-order valence-corrected chi connectivity index (χ0v) is 26.6. The molecule has 0 bridgehead atoms. The van der Waals surface area contributed by atoms with Crippen molar-refractivity contribution in [2.24, 2.45) is 0 Å². The Labute approximate surface area is 254 Å². The van der Waals surface area contributed by atoms with E-state index in [0.29, 0.717) is 25.7 Å². The quantitative estimate of drug-likeness (QED) is 0.0536. The molecule has 12 heteroatoms. The summed E-state index contributed by atoms with van der Waals surface area (Å²) in [5, 5.41) is 13.2. The topological polar surface area (TPSA) is 156 Å². The highest BCUT2D eigenvalue weighted by molar-refractivity contribution is 5.80. The van der Waals surface area contributed by atoms with Crippen LogP contribution in [0.4, 0.5) is 14.4 Å². The van der Waals surface area contributed by atoms with E-state index in [2.05, 4.69) is 5.32 Å². The van der Waals surface area contributed by atoms with Crippen molar-refractivity contribution in [3.05, 3.63) is 23.8 Å². The fourth-order valence-electron chi connectivity index (χ4n) is 3.63. The zero-order chi connectivity index (χ0) is 32.5. The Hall–Kier alpha value is -3.54. The van der Waals surface area contributed by atoms with Crippen molar-refractivity contribution < 1.29 is 52.7 Å². The molecular formula is C31H49NO11. The van der Waals surface area contributed by atoms with Gasteiger partial charge in [-0.25, -0.2) is 19.2 Å². The van der Waals surface area contributed by atoms with Crippen LogP contribution in [0.15, 0.2) is 18.2 Å². The highest BCUT2D eigenvalue weighted by atomic mass is 16.8. The monoisotopic (exact) mass is 611 g/mol. The standard InChI is InChI=1S/C31H49NO11/c1-8-12-14-18-38-27(35)40-24-17-16-23(20-25(24)41-28(36)39-19-15-13-9-2)21-31(26(33)34,32-22(5)10-3)43-29(37)42-30(6,7)11-4/h16-17,20,22,32H,8-15,18-19,21H2,1-7H3,(H,33,34)/t22?,31-/m0/s1. The average Bonchev–Trinajstić information content (AvgIpc) is 2.94. The first-order chi connectivity index (χ1) is 20.3. The molecule has 1 rings (SSSR count). The molecule has 244 valence electrons. The molecule has 0 radical (unpaired) electrons. The molecule has 2 atom stereocenters. The van der Waals surface area contributed by atoms with Crippen molar-refractivity contribution in [1.82, 2.24) is 5.32 Å². The molecule has 0 spiro atoms. The van der Waals surface area contributed by atoms with Crippen LogP contribution >= 0.6 is 0 Å². The van der Waals surface area contributed by atoms with Crippen LogP contribution in [0.3, 0.4) is 0 Å². The Morgan fingerprint density at radius 1 is 0.814 bits per heavy atom. The first kappa shape index (κ1) is 37.5. The second kappa shape index (κ2) is 18.9. The Bertz CT molecular complexity index is 1040. The summed E-state index contributed by atoms with van der Waals surface area (Å²) in [6.07, 6.45) is 2.34. The van der Waals surface area contributed by atoms with Gasteiger partial charge in [0.25, 0.3) is 5.72 Å². The first-order valence-electron chi connectivity index (χ1n) is 15.1. The molecule has 0 aromatic heterocycles. The molecule has 1 unspecified atom stereocenters. The van der Waals surface area contributed by atoms with E-state index in [1.54, 1.807) is 20.8 Å². The van der Waals surface area contributed by atoms with Crippen molar-refractivity contribution in [1.29, 1.82) is 0 Å². The number of hydrogen-bond donors (Lipinski definition) is 2. The van der Waals surface area contributed by atoms with Gasteiger partial charge in [-0.1, -0.05) is 59.4 Å². The summed E-state index contributed by atoms with van der Waals surface area (Å²) in [6.45, 7) is 13.1. The molecule has 2 N–H and O–H groups in total. The van der Waals surface area contributed by atoms with Gasteiger partial charge >= 0.3 is 24.4 Å². The van der Waals surface area contributed by atoms with Gasteiger partial charge in [0.15, 0.2) is 11.5 Å². The van der Waals surface area contributed by atoms with E-state index in [1.165, 1.54) is 18.2 Å². The highest BCUT2D eigenvalue weighted by Gasteiger charge is 2.45. The fourth-order valence-corrected chi connectivity index (χ4v) is 3.63.